The normalized spacial score (nSPS) is 26.6. The first-order valence-electron chi connectivity index (χ1n) is 6.08. The lowest BCUT2D eigenvalue weighted by molar-refractivity contribution is -0.0244. The minimum Gasteiger partial charge on any atom is -0.444 e. The highest BCUT2D eigenvalue weighted by atomic mass is 16.6. The lowest BCUT2D eigenvalue weighted by atomic mass is 9.93. The van der Waals surface area contributed by atoms with E-state index in [9.17, 15) is 9.90 Å². The summed E-state index contributed by atoms with van der Waals surface area (Å²) >= 11 is 0. The fraction of sp³-hybridized carbons (Fsp3) is 0.917. The number of alkyl carbamates (subject to hydrolysis) is 1. The molecule has 100 valence electrons. The largest absolute Gasteiger partial charge is 0.444 e. The van der Waals surface area contributed by atoms with Crippen molar-refractivity contribution >= 4 is 6.09 Å². The molecule has 2 N–H and O–H groups in total. The first kappa shape index (κ1) is 14.3. The molecule has 0 radical (unpaired) electrons. The highest BCUT2D eigenvalue weighted by Gasteiger charge is 2.32. The Hall–Kier alpha value is -0.810. The van der Waals surface area contributed by atoms with Crippen molar-refractivity contribution in [3.63, 3.8) is 0 Å². The van der Waals surface area contributed by atoms with Crippen LogP contribution in [0.3, 0.4) is 0 Å². The minimum absolute atomic E-state index is 0.242. The highest BCUT2D eigenvalue weighted by Crippen LogP contribution is 2.19. The van der Waals surface area contributed by atoms with Gasteiger partial charge in [0.05, 0.1) is 12.1 Å². The van der Waals surface area contributed by atoms with E-state index in [0.29, 0.717) is 13.0 Å². The van der Waals surface area contributed by atoms with Crippen molar-refractivity contribution in [2.45, 2.75) is 44.8 Å². The third kappa shape index (κ3) is 5.37. The van der Waals surface area contributed by atoms with Gasteiger partial charge in [-0.2, -0.15) is 0 Å². The van der Waals surface area contributed by atoms with E-state index in [1.165, 1.54) is 0 Å². The maximum atomic E-state index is 11.5. The zero-order chi connectivity index (χ0) is 13.1. The summed E-state index contributed by atoms with van der Waals surface area (Å²) in [4.78, 5) is 13.5. The van der Waals surface area contributed by atoms with Crippen LogP contribution in [-0.4, -0.2) is 54.0 Å². The van der Waals surface area contributed by atoms with E-state index >= 15 is 0 Å². The lowest BCUT2D eigenvalue weighted by Crippen LogP contribution is -2.53. The van der Waals surface area contributed by atoms with Crippen LogP contribution in [0.2, 0.25) is 0 Å². The number of nitrogens with zero attached hydrogens (tertiary/aromatic N) is 1. The molecule has 1 fully saturated rings. The van der Waals surface area contributed by atoms with E-state index in [-0.39, 0.29) is 6.54 Å². The van der Waals surface area contributed by atoms with Crippen molar-refractivity contribution in [2.75, 3.05) is 26.7 Å². The molecule has 0 bridgehead atoms. The van der Waals surface area contributed by atoms with Gasteiger partial charge >= 0.3 is 6.09 Å². The molecule has 5 heteroatoms. The summed E-state index contributed by atoms with van der Waals surface area (Å²) in [6.45, 7) is 7.27. The number of hydrogen-bond acceptors (Lipinski definition) is 4. The smallest absolute Gasteiger partial charge is 0.407 e. The molecular weight excluding hydrogens is 220 g/mol. The third-order valence-electron chi connectivity index (χ3n) is 2.71. The van der Waals surface area contributed by atoms with Gasteiger partial charge in [0, 0.05) is 6.54 Å². The van der Waals surface area contributed by atoms with Gasteiger partial charge in [-0.05, 0) is 47.2 Å². The topological polar surface area (TPSA) is 61.8 Å². The van der Waals surface area contributed by atoms with Crippen LogP contribution in [0.15, 0.2) is 0 Å². The summed E-state index contributed by atoms with van der Waals surface area (Å²) in [5.74, 6) is 0. The van der Waals surface area contributed by atoms with Crippen LogP contribution in [0.1, 0.15) is 33.6 Å². The molecule has 1 amide bonds. The standard InChI is InChI=1S/C12H24N2O3/c1-11(2,3)17-10(15)13-8-12(16)6-5-7-14(4)9-12/h16H,5-9H2,1-4H3,(H,13,15). The highest BCUT2D eigenvalue weighted by molar-refractivity contribution is 5.67. The number of piperidine rings is 1. The van der Waals surface area contributed by atoms with Gasteiger partial charge in [-0.25, -0.2) is 4.79 Å². The molecule has 0 aromatic heterocycles. The number of amides is 1. The lowest BCUT2D eigenvalue weighted by Gasteiger charge is -2.37. The van der Waals surface area contributed by atoms with Gasteiger partial charge < -0.3 is 20.1 Å². The van der Waals surface area contributed by atoms with Crippen molar-refractivity contribution in [3.05, 3.63) is 0 Å². The van der Waals surface area contributed by atoms with E-state index in [1.807, 2.05) is 27.8 Å². The summed E-state index contributed by atoms with van der Waals surface area (Å²) in [6, 6.07) is 0. The van der Waals surface area contributed by atoms with Gasteiger partial charge in [-0.3, -0.25) is 0 Å². The Morgan fingerprint density at radius 2 is 2.18 bits per heavy atom. The molecule has 0 aromatic carbocycles. The average Bonchev–Trinajstić information content (AvgIpc) is 2.12. The SMILES string of the molecule is CN1CCCC(O)(CNC(=O)OC(C)(C)C)C1. The molecule has 0 spiro atoms. The fourth-order valence-corrected chi connectivity index (χ4v) is 2.03. The summed E-state index contributed by atoms with van der Waals surface area (Å²) in [7, 11) is 1.97. The molecule has 1 aliphatic rings. The van der Waals surface area contributed by atoms with E-state index in [0.717, 1.165) is 13.0 Å². The Balaban J connectivity index is 2.36. The van der Waals surface area contributed by atoms with Crippen molar-refractivity contribution in [1.29, 1.82) is 0 Å². The zero-order valence-electron chi connectivity index (χ0n) is 11.2. The van der Waals surface area contributed by atoms with Crippen LogP contribution in [0, 0.1) is 0 Å². The summed E-state index contributed by atoms with van der Waals surface area (Å²) in [5, 5.41) is 12.9. The Kier molecular flexibility index (Phi) is 4.38. The Labute approximate surface area is 103 Å². The Bertz CT molecular complexity index is 275. The number of ether oxygens (including phenoxy) is 1. The summed E-state index contributed by atoms with van der Waals surface area (Å²) < 4.78 is 5.13. The van der Waals surface area contributed by atoms with Crippen LogP contribution in [0.4, 0.5) is 4.79 Å². The molecular formula is C12H24N2O3. The van der Waals surface area contributed by atoms with Gasteiger partial charge in [-0.15, -0.1) is 0 Å². The van der Waals surface area contributed by atoms with Gasteiger partial charge in [-0.1, -0.05) is 0 Å². The zero-order valence-corrected chi connectivity index (χ0v) is 11.2. The minimum atomic E-state index is -0.829. The average molecular weight is 244 g/mol. The molecule has 1 heterocycles. The quantitative estimate of drug-likeness (QED) is 0.760. The predicted octanol–water partition coefficient (Wildman–Crippen LogP) is 0.968. The van der Waals surface area contributed by atoms with Crippen molar-refractivity contribution < 1.29 is 14.6 Å². The van der Waals surface area contributed by atoms with E-state index in [1.54, 1.807) is 0 Å². The van der Waals surface area contributed by atoms with Crippen LogP contribution in [-0.2, 0) is 4.74 Å². The molecule has 5 nitrogen and oxygen atoms in total. The van der Waals surface area contributed by atoms with Gasteiger partial charge in [0.2, 0.25) is 0 Å². The van der Waals surface area contributed by atoms with E-state index in [4.69, 9.17) is 4.74 Å². The second-order valence-corrected chi connectivity index (χ2v) is 5.92. The second kappa shape index (κ2) is 5.23. The molecule has 1 unspecified atom stereocenters. The second-order valence-electron chi connectivity index (χ2n) is 5.92. The molecule has 0 saturated carbocycles. The van der Waals surface area contributed by atoms with E-state index in [2.05, 4.69) is 10.2 Å². The van der Waals surface area contributed by atoms with Crippen LogP contribution < -0.4 is 5.32 Å². The van der Waals surface area contributed by atoms with Crippen LogP contribution in [0.25, 0.3) is 0 Å². The number of aliphatic hydroxyl groups is 1. The van der Waals surface area contributed by atoms with E-state index < -0.39 is 17.3 Å². The first-order valence-corrected chi connectivity index (χ1v) is 6.08. The van der Waals surface area contributed by atoms with Crippen LogP contribution >= 0.6 is 0 Å². The number of carbonyl (C=O) groups excluding carboxylic acids is 1. The molecule has 1 saturated heterocycles. The number of likely N-dealkylation sites (N-methyl/N-ethyl adjacent to an activating group) is 1. The first-order chi connectivity index (χ1) is 7.70. The summed E-state index contributed by atoms with van der Waals surface area (Å²) in [5.41, 5.74) is -1.33. The van der Waals surface area contributed by atoms with Crippen LogP contribution in [0.5, 0.6) is 0 Å². The molecule has 0 aliphatic carbocycles. The van der Waals surface area contributed by atoms with Gasteiger partial charge in [0.25, 0.3) is 0 Å². The Morgan fingerprint density at radius 1 is 1.53 bits per heavy atom. The monoisotopic (exact) mass is 244 g/mol. The predicted molar refractivity (Wildman–Crippen MR) is 65.9 cm³/mol. The third-order valence-corrected chi connectivity index (χ3v) is 2.71. The van der Waals surface area contributed by atoms with Crippen molar-refractivity contribution in [3.8, 4) is 0 Å². The van der Waals surface area contributed by atoms with Gasteiger partial charge in [0.1, 0.15) is 5.60 Å². The van der Waals surface area contributed by atoms with Crippen molar-refractivity contribution in [2.24, 2.45) is 0 Å². The number of rotatable bonds is 2. The summed E-state index contributed by atoms with van der Waals surface area (Å²) in [6.07, 6.45) is 1.19. The fourth-order valence-electron chi connectivity index (χ4n) is 2.03. The number of likely N-dealkylation sites (tertiary alicyclic amines) is 1. The molecule has 0 aromatic rings. The molecule has 1 aliphatic heterocycles. The Morgan fingerprint density at radius 3 is 2.71 bits per heavy atom. The van der Waals surface area contributed by atoms with Gasteiger partial charge in [0.15, 0.2) is 0 Å². The van der Waals surface area contributed by atoms with Crippen molar-refractivity contribution in [1.82, 2.24) is 10.2 Å². The number of nitrogens with one attached hydrogen (secondary N) is 1. The molecule has 1 atom stereocenters. The number of β-amino-alcohol motifs (C(OH)–C–C–N with tert-alkyl or cyclic N) is 1. The molecule has 1 rings (SSSR count). The maximum absolute atomic E-state index is 11.5. The maximum Gasteiger partial charge on any atom is 0.407 e. The number of hydrogen-bond donors (Lipinski definition) is 2. The molecule has 17 heavy (non-hydrogen) atoms. The number of carbonyl (C=O) groups is 1.